The van der Waals surface area contributed by atoms with Crippen LogP contribution >= 0.6 is 0 Å². The molecule has 2 aromatic rings. The third kappa shape index (κ3) is 7.94. The predicted molar refractivity (Wildman–Crippen MR) is 213 cm³/mol. The number of hydrogen-bond acceptors (Lipinski definition) is 15. The highest BCUT2D eigenvalue weighted by Gasteiger charge is 2.78. The molecule has 2 aromatic carbocycles. The lowest BCUT2D eigenvalue weighted by atomic mass is 9.44. The van der Waals surface area contributed by atoms with Gasteiger partial charge in [-0.2, -0.15) is 0 Å². The van der Waals surface area contributed by atoms with Gasteiger partial charge in [0.15, 0.2) is 23.5 Å². The molecule has 0 unspecified atom stereocenters. The first kappa shape index (κ1) is 45.4. The van der Waals surface area contributed by atoms with Crippen LogP contribution in [-0.2, 0) is 47.6 Å². The van der Waals surface area contributed by atoms with E-state index in [-0.39, 0.29) is 35.3 Å². The molecule has 2 saturated carbocycles. The number of rotatable bonds is 9. The van der Waals surface area contributed by atoms with Crippen molar-refractivity contribution >= 4 is 35.8 Å². The van der Waals surface area contributed by atoms with Crippen molar-refractivity contribution in [3.8, 4) is 0 Å². The number of aliphatic hydroxyl groups excluding tert-OH is 2. The zero-order valence-electron chi connectivity index (χ0n) is 35.8. The van der Waals surface area contributed by atoms with Crippen LogP contribution in [-0.4, -0.2) is 111 Å². The van der Waals surface area contributed by atoms with Crippen LogP contribution < -0.4 is 5.32 Å². The van der Waals surface area contributed by atoms with Gasteiger partial charge in [-0.3, -0.25) is 14.4 Å². The van der Waals surface area contributed by atoms with Gasteiger partial charge in [0, 0.05) is 32.1 Å². The molecule has 1 heterocycles. The Balaban J connectivity index is 1.57. The summed E-state index contributed by atoms with van der Waals surface area (Å²) in [6.07, 6.45) is -11.3. The Morgan fingerprint density at radius 1 is 0.902 bits per heavy atom. The summed E-state index contributed by atoms with van der Waals surface area (Å²) in [4.78, 5) is 83.3. The molecule has 330 valence electrons. The minimum atomic E-state index is -2.40. The summed E-state index contributed by atoms with van der Waals surface area (Å²) in [6.45, 7) is 12.8. The molecular weight excluding hydrogens is 794 g/mol. The smallest absolute Gasteiger partial charge is 0.408 e. The van der Waals surface area contributed by atoms with Crippen LogP contribution in [0.1, 0.15) is 97.2 Å². The largest absolute Gasteiger partial charge is 0.456 e. The SMILES string of the molecule is CC(=O)O[C@H]1C(=O)[C@@]2(C)[C@H]([C@H](OC(=O)c3ccccc3)[C@@]3(O)C[C@H](OC(=O)[C@@H](NC(=O)OC(C)(C)C)[C@H](O)c4ccccc4)C(C)=C1C3(C)C)[C@]1(OC(C)=O)CO[C@@H]1C[C@@H]2O. The molecule has 1 saturated heterocycles. The number of nitrogens with one attached hydrogen (secondary N) is 1. The summed E-state index contributed by atoms with van der Waals surface area (Å²) in [5.74, 6) is -6.23. The van der Waals surface area contributed by atoms with E-state index in [9.17, 15) is 39.3 Å². The molecule has 11 atom stereocenters. The number of fused-ring (bicyclic) bond motifs is 5. The van der Waals surface area contributed by atoms with Gasteiger partial charge in [-0.15, -0.1) is 0 Å². The van der Waals surface area contributed by atoms with Crippen LogP contribution in [0.5, 0.6) is 0 Å². The fourth-order valence-electron chi connectivity index (χ4n) is 9.77. The molecule has 3 fully saturated rings. The highest BCUT2D eigenvalue weighted by atomic mass is 16.6. The van der Waals surface area contributed by atoms with Crippen molar-refractivity contribution in [3.05, 3.63) is 82.9 Å². The number of benzene rings is 2. The van der Waals surface area contributed by atoms with Crippen molar-refractivity contribution in [2.45, 2.75) is 135 Å². The van der Waals surface area contributed by atoms with Gasteiger partial charge in [-0.1, -0.05) is 62.4 Å². The summed E-state index contributed by atoms with van der Waals surface area (Å²) >= 11 is 0. The van der Waals surface area contributed by atoms with E-state index in [1.165, 1.54) is 38.1 Å². The van der Waals surface area contributed by atoms with Gasteiger partial charge in [0.2, 0.25) is 0 Å². The predicted octanol–water partition coefficient (Wildman–Crippen LogP) is 3.83. The second-order valence-corrected chi connectivity index (χ2v) is 18.2. The zero-order valence-corrected chi connectivity index (χ0v) is 35.8. The Labute approximate surface area is 353 Å². The molecule has 16 heteroatoms. The fourth-order valence-corrected chi connectivity index (χ4v) is 9.77. The Morgan fingerprint density at radius 3 is 2.05 bits per heavy atom. The Bertz CT molecular complexity index is 2100. The third-order valence-corrected chi connectivity index (χ3v) is 12.8. The number of amides is 1. The van der Waals surface area contributed by atoms with E-state index in [1.54, 1.807) is 71.0 Å². The molecule has 3 aliphatic carbocycles. The normalized spacial score (nSPS) is 32.5. The van der Waals surface area contributed by atoms with Crippen molar-refractivity contribution < 1.29 is 72.5 Å². The van der Waals surface area contributed by atoms with E-state index < -0.39 is 118 Å². The number of carbonyl (C=O) groups excluding carboxylic acids is 6. The van der Waals surface area contributed by atoms with Crippen molar-refractivity contribution in [3.63, 3.8) is 0 Å². The minimum Gasteiger partial charge on any atom is -0.456 e. The minimum absolute atomic E-state index is 0.0133. The first-order chi connectivity index (χ1) is 28.4. The highest BCUT2D eigenvalue weighted by Crippen LogP contribution is 2.64. The van der Waals surface area contributed by atoms with Crippen molar-refractivity contribution in [2.75, 3.05) is 6.61 Å². The Morgan fingerprint density at radius 2 is 1.51 bits per heavy atom. The summed E-state index contributed by atoms with van der Waals surface area (Å²) in [5, 5.41) is 39.7. The van der Waals surface area contributed by atoms with Gasteiger partial charge in [0.1, 0.15) is 35.6 Å². The second kappa shape index (κ2) is 16.3. The zero-order chi connectivity index (χ0) is 45.0. The summed E-state index contributed by atoms with van der Waals surface area (Å²) in [6, 6.07) is 14.0. The van der Waals surface area contributed by atoms with Crippen molar-refractivity contribution in [1.82, 2.24) is 5.32 Å². The number of hydrogen-bond donors (Lipinski definition) is 4. The molecule has 16 nitrogen and oxygen atoms in total. The average molecular weight is 850 g/mol. The van der Waals surface area contributed by atoms with Crippen LogP contribution in [0.2, 0.25) is 0 Å². The molecule has 61 heavy (non-hydrogen) atoms. The monoisotopic (exact) mass is 849 g/mol. The number of ether oxygens (including phenoxy) is 6. The van der Waals surface area contributed by atoms with Crippen LogP contribution in [0.4, 0.5) is 4.79 Å². The second-order valence-electron chi connectivity index (χ2n) is 18.2. The van der Waals surface area contributed by atoms with E-state index in [4.69, 9.17) is 28.4 Å². The molecule has 2 bridgehead atoms. The number of carbonyl (C=O) groups is 6. The highest BCUT2D eigenvalue weighted by molar-refractivity contribution is 5.95. The lowest BCUT2D eigenvalue weighted by molar-refractivity contribution is -0.346. The maximum absolute atomic E-state index is 15.5. The van der Waals surface area contributed by atoms with Gasteiger partial charge in [-0.25, -0.2) is 14.4 Å². The summed E-state index contributed by atoms with van der Waals surface area (Å²) in [7, 11) is 0. The standard InChI is InChI=1S/C45H55NO15/c1-23-28(58-39(53)32(46-40(54)61-41(4,5)6)33(50)26-16-12-10-13-17-26)21-45(55)37(59-38(52)27-18-14-11-15-19-27)35-43(9,29(49)20-30-44(35,22-56-30)60-25(3)48)36(51)34(57-24(2)47)31(23)42(45,7)8/h10-19,28-30,32-35,37,49-50,55H,20-22H2,1-9H3,(H,46,54)/t28-,29-,30+,32-,33+,34+,35-,37-,43+,44-,45-/m0/s1. The molecule has 4 aliphatic rings. The van der Waals surface area contributed by atoms with Gasteiger partial charge in [0.05, 0.1) is 29.6 Å². The summed E-state index contributed by atoms with van der Waals surface area (Å²) < 4.78 is 35.7. The molecule has 0 spiro atoms. The fraction of sp³-hybridized carbons (Fsp3) is 0.556. The Hall–Kier alpha value is -5.16. The number of ketones is 1. The molecule has 0 aromatic heterocycles. The van der Waals surface area contributed by atoms with Gasteiger partial charge in [0.25, 0.3) is 0 Å². The van der Waals surface area contributed by atoms with E-state index in [2.05, 4.69) is 5.32 Å². The quantitative estimate of drug-likeness (QED) is 0.160. The van der Waals surface area contributed by atoms with E-state index >= 15 is 4.79 Å². The molecular formula is C45H55NO15. The van der Waals surface area contributed by atoms with Gasteiger partial charge in [-0.05, 0) is 63.5 Å². The lowest BCUT2D eigenvalue weighted by Gasteiger charge is -2.67. The van der Waals surface area contributed by atoms with Crippen LogP contribution in [0.3, 0.4) is 0 Å². The third-order valence-electron chi connectivity index (χ3n) is 12.8. The van der Waals surface area contributed by atoms with Crippen LogP contribution in [0.25, 0.3) is 0 Å². The maximum Gasteiger partial charge on any atom is 0.408 e. The van der Waals surface area contributed by atoms with Crippen LogP contribution in [0.15, 0.2) is 71.8 Å². The molecule has 1 amide bonds. The first-order valence-corrected chi connectivity index (χ1v) is 20.2. The molecule has 6 rings (SSSR count). The maximum atomic E-state index is 15.5. The number of alkyl carbamates (subject to hydrolysis) is 1. The average Bonchev–Trinajstić information content (AvgIpc) is 3.17. The Kier molecular flexibility index (Phi) is 12.1. The number of Topliss-reactive ketones (excluding diaryl/α,β-unsaturated/α-hetero) is 1. The summed E-state index contributed by atoms with van der Waals surface area (Å²) in [5.41, 5.74) is -8.47. The van der Waals surface area contributed by atoms with E-state index in [1.807, 2.05) is 0 Å². The van der Waals surface area contributed by atoms with Crippen molar-refractivity contribution in [2.24, 2.45) is 16.7 Å². The topological polar surface area (TPSA) is 231 Å². The van der Waals surface area contributed by atoms with Crippen LogP contribution in [0, 0.1) is 16.7 Å². The first-order valence-electron chi connectivity index (χ1n) is 20.2. The molecule has 1 aliphatic heterocycles. The van der Waals surface area contributed by atoms with E-state index in [0.717, 1.165) is 13.8 Å². The van der Waals surface area contributed by atoms with Gasteiger partial charge >= 0.3 is 30.0 Å². The van der Waals surface area contributed by atoms with Crippen molar-refractivity contribution in [1.29, 1.82) is 0 Å². The molecule has 0 radical (unpaired) electrons. The van der Waals surface area contributed by atoms with E-state index in [0.29, 0.717) is 0 Å². The lowest BCUT2D eigenvalue weighted by Crippen LogP contribution is -2.82. The van der Waals surface area contributed by atoms with Gasteiger partial charge < -0.3 is 49.1 Å². The number of esters is 4. The number of aliphatic hydroxyl groups is 3. The molecule has 4 N–H and O–H groups in total.